The minimum atomic E-state index is -0.165. The van der Waals surface area contributed by atoms with Crippen LogP contribution in [0.3, 0.4) is 0 Å². The molecular formula is C16H17ClO. The van der Waals surface area contributed by atoms with Crippen LogP contribution >= 0.6 is 11.6 Å². The second-order valence-electron chi connectivity index (χ2n) is 5.25. The van der Waals surface area contributed by atoms with E-state index in [0.29, 0.717) is 0 Å². The van der Waals surface area contributed by atoms with E-state index < -0.39 is 0 Å². The predicted molar refractivity (Wildman–Crippen MR) is 77.3 cm³/mol. The van der Waals surface area contributed by atoms with Crippen LogP contribution < -0.4 is 4.74 Å². The molecule has 0 saturated heterocycles. The lowest BCUT2D eigenvalue weighted by Gasteiger charge is -2.21. The van der Waals surface area contributed by atoms with Crippen LogP contribution in [0.1, 0.15) is 20.8 Å². The Bertz CT molecular complexity index is 506. The third-order valence-corrected chi connectivity index (χ3v) is 2.71. The molecule has 0 saturated carbocycles. The Kier molecular flexibility index (Phi) is 3.63. The van der Waals surface area contributed by atoms with Crippen molar-refractivity contribution in [2.75, 3.05) is 0 Å². The molecule has 0 aromatic heterocycles. The Labute approximate surface area is 113 Å². The van der Waals surface area contributed by atoms with E-state index in [9.17, 15) is 0 Å². The molecule has 2 heteroatoms. The molecule has 0 aliphatic rings. The molecule has 0 atom stereocenters. The molecule has 0 bridgehead atoms. The molecule has 2 aromatic rings. The number of benzene rings is 2. The second kappa shape index (κ2) is 5.03. The number of hydrogen-bond donors (Lipinski definition) is 0. The first-order valence-electron chi connectivity index (χ1n) is 5.99. The van der Waals surface area contributed by atoms with Crippen LogP contribution in [-0.4, -0.2) is 5.60 Å². The lowest BCUT2D eigenvalue weighted by molar-refractivity contribution is 0.131. The summed E-state index contributed by atoms with van der Waals surface area (Å²) in [5.41, 5.74) is 2.15. The Balaban J connectivity index is 2.20. The van der Waals surface area contributed by atoms with E-state index in [2.05, 4.69) is 12.1 Å². The summed E-state index contributed by atoms with van der Waals surface area (Å²) in [5, 5.41) is 0.756. The summed E-state index contributed by atoms with van der Waals surface area (Å²) in [4.78, 5) is 0. The minimum Gasteiger partial charge on any atom is -0.488 e. The highest BCUT2D eigenvalue weighted by Crippen LogP contribution is 2.25. The largest absolute Gasteiger partial charge is 0.488 e. The van der Waals surface area contributed by atoms with E-state index in [1.54, 1.807) is 0 Å². The lowest BCUT2D eigenvalue weighted by atomic mass is 10.1. The fourth-order valence-electron chi connectivity index (χ4n) is 1.71. The van der Waals surface area contributed by atoms with Crippen molar-refractivity contribution in [3.63, 3.8) is 0 Å². The zero-order valence-electron chi connectivity index (χ0n) is 10.9. The highest BCUT2D eigenvalue weighted by atomic mass is 35.5. The maximum atomic E-state index is 5.88. The van der Waals surface area contributed by atoms with Crippen molar-refractivity contribution in [2.24, 2.45) is 0 Å². The summed E-state index contributed by atoms with van der Waals surface area (Å²) in [7, 11) is 0. The van der Waals surface area contributed by atoms with Crippen LogP contribution in [-0.2, 0) is 0 Å². The molecule has 0 radical (unpaired) electrons. The van der Waals surface area contributed by atoms with Crippen molar-refractivity contribution in [1.29, 1.82) is 0 Å². The van der Waals surface area contributed by atoms with E-state index in [1.807, 2.05) is 57.2 Å². The van der Waals surface area contributed by atoms with E-state index in [4.69, 9.17) is 16.3 Å². The highest BCUT2D eigenvalue weighted by Gasteiger charge is 2.11. The van der Waals surface area contributed by atoms with Gasteiger partial charge in [-0.05, 0) is 56.2 Å². The zero-order chi connectivity index (χ0) is 13.2. The Morgan fingerprint density at radius 1 is 0.778 bits per heavy atom. The molecule has 0 N–H and O–H groups in total. The van der Waals surface area contributed by atoms with Gasteiger partial charge in [0.05, 0.1) is 0 Å². The van der Waals surface area contributed by atoms with Gasteiger partial charge in [0.15, 0.2) is 0 Å². The molecule has 0 amide bonds. The van der Waals surface area contributed by atoms with Crippen molar-refractivity contribution >= 4 is 11.6 Å². The average Bonchev–Trinajstić information content (AvgIpc) is 2.29. The SMILES string of the molecule is CC(C)(C)Oc1ccc(-c2ccc(Cl)cc2)cc1. The van der Waals surface area contributed by atoms with Gasteiger partial charge in [0.1, 0.15) is 11.4 Å². The normalized spacial score (nSPS) is 11.3. The number of halogens is 1. The van der Waals surface area contributed by atoms with Crippen LogP contribution in [0.5, 0.6) is 5.75 Å². The van der Waals surface area contributed by atoms with Crippen molar-refractivity contribution in [3.05, 3.63) is 53.6 Å². The van der Waals surface area contributed by atoms with E-state index in [0.717, 1.165) is 21.9 Å². The fraction of sp³-hybridized carbons (Fsp3) is 0.250. The standard InChI is InChI=1S/C16H17ClO/c1-16(2,3)18-15-10-6-13(7-11-15)12-4-8-14(17)9-5-12/h4-11H,1-3H3. The molecule has 94 valence electrons. The lowest BCUT2D eigenvalue weighted by Crippen LogP contribution is -2.22. The fourth-order valence-corrected chi connectivity index (χ4v) is 1.84. The van der Waals surface area contributed by atoms with Gasteiger partial charge in [-0.15, -0.1) is 0 Å². The summed E-state index contributed by atoms with van der Waals surface area (Å²) in [5.74, 6) is 0.889. The van der Waals surface area contributed by atoms with Crippen LogP contribution in [0, 0.1) is 0 Å². The molecule has 0 heterocycles. The van der Waals surface area contributed by atoms with Crippen molar-refractivity contribution in [3.8, 4) is 16.9 Å². The predicted octanol–water partition coefficient (Wildman–Crippen LogP) is 5.18. The first kappa shape index (κ1) is 13.0. The van der Waals surface area contributed by atoms with Crippen molar-refractivity contribution < 1.29 is 4.74 Å². The molecule has 2 rings (SSSR count). The Morgan fingerprint density at radius 3 is 1.67 bits per heavy atom. The summed E-state index contributed by atoms with van der Waals surface area (Å²) in [6.45, 7) is 6.13. The van der Waals surface area contributed by atoms with Gasteiger partial charge in [0.25, 0.3) is 0 Å². The van der Waals surface area contributed by atoms with Gasteiger partial charge < -0.3 is 4.74 Å². The second-order valence-corrected chi connectivity index (χ2v) is 5.68. The molecule has 0 spiro atoms. The maximum absolute atomic E-state index is 5.88. The van der Waals surface area contributed by atoms with Crippen LogP contribution in [0.15, 0.2) is 48.5 Å². The summed E-state index contributed by atoms with van der Waals surface area (Å²) < 4.78 is 5.79. The number of hydrogen-bond acceptors (Lipinski definition) is 1. The van der Waals surface area contributed by atoms with Crippen LogP contribution in [0.25, 0.3) is 11.1 Å². The molecule has 1 nitrogen and oxygen atoms in total. The van der Waals surface area contributed by atoms with Crippen LogP contribution in [0.2, 0.25) is 5.02 Å². The molecule has 0 fully saturated rings. The molecule has 2 aromatic carbocycles. The van der Waals surface area contributed by atoms with Gasteiger partial charge in [-0.2, -0.15) is 0 Å². The number of rotatable bonds is 2. The van der Waals surface area contributed by atoms with Gasteiger partial charge in [0.2, 0.25) is 0 Å². The van der Waals surface area contributed by atoms with Crippen molar-refractivity contribution in [2.45, 2.75) is 26.4 Å². The third kappa shape index (κ3) is 3.51. The van der Waals surface area contributed by atoms with Crippen LogP contribution in [0.4, 0.5) is 0 Å². The monoisotopic (exact) mass is 260 g/mol. The first-order chi connectivity index (χ1) is 8.44. The van der Waals surface area contributed by atoms with Gasteiger partial charge in [-0.25, -0.2) is 0 Å². The van der Waals surface area contributed by atoms with E-state index in [-0.39, 0.29) is 5.60 Å². The topological polar surface area (TPSA) is 9.23 Å². The Morgan fingerprint density at radius 2 is 1.22 bits per heavy atom. The van der Waals surface area contributed by atoms with E-state index >= 15 is 0 Å². The minimum absolute atomic E-state index is 0.165. The molecule has 0 unspecified atom stereocenters. The van der Waals surface area contributed by atoms with Gasteiger partial charge in [-0.3, -0.25) is 0 Å². The third-order valence-electron chi connectivity index (χ3n) is 2.46. The van der Waals surface area contributed by atoms with Gasteiger partial charge >= 0.3 is 0 Å². The number of ether oxygens (including phenoxy) is 1. The van der Waals surface area contributed by atoms with Gasteiger partial charge in [-0.1, -0.05) is 35.9 Å². The molecule has 0 aliphatic heterocycles. The average molecular weight is 261 g/mol. The first-order valence-corrected chi connectivity index (χ1v) is 6.37. The summed E-state index contributed by atoms with van der Waals surface area (Å²) in [6.07, 6.45) is 0. The van der Waals surface area contributed by atoms with E-state index in [1.165, 1.54) is 0 Å². The highest BCUT2D eigenvalue weighted by molar-refractivity contribution is 6.30. The molecule has 18 heavy (non-hydrogen) atoms. The zero-order valence-corrected chi connectivity index (χ0v) is 11.7. The summed E-state index contributed by atoms with van der Waals surface area (Å²) in [6, 6.07) is 15.9. The Hall–Kier alpha value is -1.47. The quantitative estimate of drug-likeness (QED) is 0.723. The smallest absolute Gasteiger partial charge is 0.120 e. The summed E-state index contributed by atoms with van der Waals surface area (Å²) >= 11 is 5.88. The maximum Gasteiger partial charge on any atom is 0.120 e. The molecule has 0 aliphatic carbocycles. The van der Waals surface area contributed by atoms with Crippen molar-refractivity contribution in [1.82, 2.24) is 0 Å². The molecular weight excluding hydrogens is 244 g/mol. The van der Waals surface area contributed by atoms with Gasteiger partial charge in [0, 0.05) is 5.02 Å².